The van der Waals surface area contributed by atoms with Crippen LogP contribution in [0.5, 0.6) is 0 Å². The Bertz CT molecular complexity index is 528. The van der Waals surface area contributed by atoms with Crippen LogP contribution in [0.4, 0.5) is 0 Å². The van der Waals surface area contributed by atoms with Gasteiger partial charge in [-0.25, -0.2) is 5.43 Å². The highest BCUT2D eigenvalue weighted by Gasteiger charge is 2.23. The first-order valence-electron chi connectivity index (χ1n) is 5.62. The lowest BCUT2D eigenvalue weighted by Crippen LogP contribution is -2.29. The molecule has 92 valence electrons. The van der Waals surface area contributed by atoms with Gasteiger partial charge in [-0.1, -0.05) is 0 Å². The Kier molecular flexibility index (Phi) is 3.38. The lowest BCUT2D eigenvalue weighted by Gasteiger charge is -2.16. The van der Waals surface area contributed by atoms with Gasteiger partial charge in [-0.15, -0.1) is 11.3 Å². The maximum atomic E-state index is 5.73. The van der Waals surface area contributed by atoms with E-state index in [0.29, 0.717) is 0 Å². The van der Waals surface area contributed by atoms with Crippen molar-refractivity contribution in [2.75, 3.05) is 0 Å². The van der Waals surface area contributed by atoms with Crippen molar-refractivity contribution < 1.29 is 4.42 Å². The quantitative estimate of drug-likeness (QED) is 0.650. The molecule has 0 spiro atoms. The lowest BCUT2D eigenvalue weighted by molar-refractivity contribution is 0.494. The Morgan fingerprint density at radius 1 is 1.24 bits per heavy atom. The number of furan rings is 1. The SMILES string of the molecule is Cc1ccsc1C(NN)c1c(C)oc(C)c1C. The number of hydrazine groups is 1. The molecular weight excluding hydrogens is 232 g/mol. The van der Waals surface area contributed by atoms with Crippen LogP contribution < -0.4 is 11.3 Å². The summed E-state index contributed by atoms with van der Waals surface area (Å²) in [5, 5.41) is 2.09. The van der Waals surface area contributed by atoms with E-state index in [1.165, 1.54) is 16.0 Å². The predicted octanol–water partition coefficient (Wildman–Crippen LogP) is 3.13. The topological polar surface area (TPSA) is 51.2 Å². The van der Waals surface area contributed by atoms with Crippen molar-refractivity contribution in [1.82, 2.24) is 5.43 Å². The fourth-order valence-corrected chi connectivity index (χ4v) is 3.20. The van der Waals surface area contributed by atoms with Crippen LogP contribution in [0.25, 0.3) is 0 Å². The molecule has 0 radical (unpaired) electrons. The highest BCUT2D eigenvalue weighted by molar-refractivity contribution is 7.10. The highest BCUT2D eigenvalue weighted by Crippen LogP contribution is 2.34. The van der Waals surface area contributed by atoms with Crippen molar-refractivity contribution in [3.8, 4) is 0 Å². The van der Waals surface area contributed by atoms with E-state index >= 15 is 0 Å². The minimum atomic E-state index is 0.0208. The minimum Gasteiger partial charge on any atom is -0.466 e. The zero-order valence-corrected chi connectivity index (χ0v) is 11.4. The third-order valence-electron chi connectivity index (χ3n) is 3.24. The molecule has 3 N–H and O–H groups in total. The second kappa shape index (κ2) is 4.64. The minimum absolute atomic E-state index is 0.0208. The Hall–Kier alpha value is -1.10. The molecule has 0 aliphatic heterocycles. The average molecular weight is 250 g/mol. The number of aryl methyl sites for hydroxylation is 3. The van der Waals surface area contributed by atoms with Gasteiger partial charge in [-0.2, -0.15) is 0 Å². The summed E-state index contributed by atoms with van der Waals surface area (Å²) in [6.07, 6.45) is 0. The van der Waals surface area contributed by atoms with E-state index in [4.69, 9.17) is 10.3 Å². The third-order valence-corrected chi connectivity index (χ3v) is 4.32. The van der Waals surface area contributed by atoms with Crippen LogP contribution in [0.3, 0.4) is 0 Å². The maximum Gasteiger partial charge on any atom is 0.106 e. The molecule has 17 heavy (non-hydrogen) atoms. The van der Waals surface area contributed by atoms with Crippen LogP contribution in [0.2, 0.25) is 0 Å². The number of hydrogen-bond donors (Lipinski definition) is 2. The Morgan fingerprint density at radius 2 is 1.94 bits per heavy atom. The third kappa shape index (κ3) is 2.04. The van der Waals surface area contributed by atoms with Crippen LogP contribution >= 0.6 is 11.3 Å². The summed E-state index contributed by atoms with van der Waals surface area (Å²) in [6.45, 7) is 8.16. The summed E-state index contributed by atoms with van der Waals surface area (Å²) in [7, 11) is 0. The molecule has 2 rings (SSSR count). The first-order valence-corrected chi connectivity index (χ1v) is 6.50. The first kappa shape index (κ1) is 12.4. The fourth-order valence-electron chi connectivity index (χ4n) is 2.20. The molecule has 3 nitrogen and oxygen atoms in total. The zero-order chi connectivity index (χ0) is 12.6. The normalized spacial score (nSPS) is 13.0. The van der Waals surface area contributed by atoms with Crippen LogP contribution in [0.15, 0.2) is 15.9 Å². The molecule has 1 unspecified atom stereocenters. The Balaban J connectivity index is 2.53. The summed E-state index contributed by atoms with van der Waals surface area (Å²) < 4.78 is 5.68. The standard InChI is InChI=1S/C13H18N2OS/c1-7-5-6-17-13(7)12(15-14)11-8(2)9(3)16-10(11)4/h5-6,12,15H,14H2,1-4H3. The fraction of sp³-hybridized carbons (Fsp3) is 0.385. The summed E-state index contributed by atoms with van der Waals surface area (Å²) in [6, 6.07) is 2.13. The van der Waals surface area contributed by atoms with Gasteiger partial charge >= 0.3 is 0 Å². The summed E-state index contributed by atoms with van der Waals surface area (Å²) in [5.74, 6) is 7.63. The summed E-state index contributed by atoms with van der Waals surface area (Å²) in [5.41, 5.74) is 6.51. The Morgan fingerprint density at radius 3 is 2.35 bits per heavy atom. The van der Waals surface area contributed by atoms with Gasteiger partial charge in [-0.3, -0.25) is 5.84 Å². The number of thiophene rings is 1. The predicted molar refractivity (Wildman–Crippen MR) is 71.1 cm³/mol. The highest BCUT2D eigenvalue weighted by atomic mass is 32.1. The number of rotatable bonds is 3. The second-order valence-corrected chi connectivity index (χ2v) is 5.27. The monoisotopic (exact) mass is 250 g/mol. The largest absolute Gasteiger partial charge is 0.466 e. The van der Waals surface area contributed by atoms with E-state index < -0.39 is 0 Å². The van der Waals surface area contributed by atoms with E-state index in [9.17, 15) is 0 Å². The van der Waals surface area contributed by atoms with Gasteiger partial charge in [0.05, 0.1) is 6.04 Å². The van der Waals surface area contributed by atoms with E-state index in [1.807, 2.05) is 13.8 Å². The maximum absolute atomic E-state index is 5.73. The summed E-state index contributed by atoms with van der Waals surface area (Å²) in [4.78, 5) is 1.25. The molecule has 2 heterocycles. The van der Waals surface area contributed by atoms with Crippen LogP contribution in [0.1, 0.15) is 39.1 Å². The van der Waals surface area contributed by atoms with Crippen molar-refractivity contribution in [2.24, 2.45) is 5.84 Å². The first-order chi connectivity index (χ1) is 8.06. The van der Waals surface area contributed by atoms with Crippen molar-refractivity contribution in [2.45, 2.75) is 33.7 Å². The van der Waals surface area contributed by atoms with Gasteiger partial charge in [0.15, 0.2) is 0 Å². The molecule has 0 bridgehead atoms. The van der Waals surface area contributed by atoms with Crippen molar-refractivity contribution in [1.29, 1.82) is 0 Å². The number of nitrogens with two attached hydrogens (primary N) is 1. The number of nitrogens with one attached hydrogen (secondary N) is 1. The van der Waals surface area contributed by atoms with Gasteiger partial charge in [0.25, 0.3) is 0 Å². The molecule has 0 aromatic carbocycles. The van der Waals surface area contributed by atoms with Crippen molar-refractivity contribution >= 4 is 11.3 Å². The number of hydrogen-bond acceptors (Lipinski definition) is 4. The van der Waals surface area contributed by atoms with Crippen LogP contribution in [-0.2, 0) is 0 Å². The molecule has 0 fully saturated rings. The van der Waals surface area contributed by atoms with Crippen LogP contribution in [0, 0.1) is 27.7 Å². The molecule has 0 aliphatic rings. The molecule has 2 aromatic heterocycles. The smallest absolute Gasteiger partial charge is 0.106 e. The van der Waals surface area contributed by atoms with Crippen molar-refractivity contribution in [3.63, 3.8) is 0 Å². The van der Waals surface area contributed by atoms with Crippen molar-refractivity contribution in [3.05, 3.63) is 44.5 Å². The molecule has 0 saturated carbocycles. The molecule has 1 atom stereocenters. The van der Waals surface area contributed by atoms with E-state index in [2.05, 4.69) is 30.7 Å². The summed E-state index contributed by atoms with van der Waals surface area (Å²) >= 11 is 1.72. The molecule has 0 saturated heterocycles. The lowest BCUT2D eigenvalue weighted by atomic mass is 9.99. The van der Waals surface area contributed by atoms with E-state index in [-0.39, 0.29) is 6.04 Å². The second-order valence-electron chi connectivity index (χ2n) is 4.32. The van der Waals surface area contributed by atoms with E-state index in [1.54, 1.807) is 11.3 Å². The van der Waals surface area contributed by atoms with Crippen LogP contribution in [-0.4, -0.2) is 0 Å². The van der Waals surface area contributed by atoms with Gasteiger partial charge in [0, 0.05) is 10.4 Å². The molecule has 0 aliphatic carbocycles. The van der Waals surface area contributed by atoms with E-state index in [0.717, 1.165) is 17.1 Å². The van der Waals surface area contributed by atoms with Gasteiger partial charge < -0.3 is 4.42 Å². The molecule has 2 aromatic rings. The molecule has 4 heteroatoms. The van der Waals surface area contributed by atoms with Gasteiger partial charge in [-0.05, 0) is 50.3 Å². The Labute approximate surface area is 106 Å². The average Bonchev–Trinajstić information content (AvgIpc) is 2.79. The van der Waals surface area contributed by atoms with Gasteiger partial charge in [0.1, 0.15) is 11.5 Å². The molecular formula is C13H18N2OS. The van der Waals surface area contributed by atoms with Gasteiger partial charge in [0.2, 0.25) is 0 Å². The molecule has 0 amide bonds. The zero-order valence-electron chi connectivity index (χ0n) is 10.6.